The lowest BCUT2D eigenvalue weighted by Crippen LogP contribution is -2.57. The number of rotatable bonds is 8. The number of aryl methyl sites for hydroxylation is 1. The predicted molar refractivity (Wildman–Crippen MR) is 91.7 cm³/mol. The highest BCUT2D eigenvalue weighted by Crippen LogP contribution is 2.30. The molecule has 0 saturated carbocycles. The van der Waals surface area contributed by atoms with Crippen LogP contribution in [0, 0.1) is 0 Å². The van der Waals surface area contributed by atoms with Crippen molar-refractivity contribution in [3.05, 3.63) is 35.9 Å². The molecule has 2 atom stereocenters. The summed E-state index contributed by atoms with van der Waals surface area (Å²) < 4.78 is 0. The number of likely N-dealkylation sites (N-methyl/N-ethyl adjacent to an activating group) is 1. The maximum atomic E-state index is 3.62. The molecule has 1 aliphatic rings. The van der Waals surface area contributed by atoms with Crippen LogP contribution in [0.25, 0.3) is 0 Å². The zero-order valence-corrected chi connectivity index (χ0v) is 14.1. The van der Waals surface area contributed by atoms with Gasteiger partial charge in [-0.2, -0.15) is 0 Å². The molecule has 21 heavy (non-hydrogen) atoms. The van der Waals surface area contributed by atoms with E-state index >= 15 is 0 Å². The summed E-state index contributed by atoms with van der Waals surface area (Å²) in [6, 6.07) is 11.5. The summed E-state index contributed by atoms with van der Waals surface area (Å²) in [4.78, 5) is 2.72. The molecule has 0 bridgehead atoms. The highest BCUT2D eigenvalue weighted by molar-refractivity contribution is 5.14. The van der Waals surface area contributed by atoms with Gasteiger partial charge in [-0.15, -0.1) is 0 Å². The lowest BCUT2D eigenvalue weighted by molar-refractivity contribution is 0.0828. The van der Waals surface area contributed by atoms with Crippen LogP contribution in [0.3, 0.4) is 0 Å². The van der Waals surface area contributed by atoms with Gasteiger partial charge in [0, 0.05) is 11.6 Å². The molecule has 1 saturated heterocycles. The molecule has 0 aromatic heterocycles. The molecule has 118 valence electrons. The number of hydrogen-bond donors (Lipinski definition) is 1. The summed E-state index contributed by atoms with van der Waals surface area (Å²) in [6.45, 7) is 7.37. The fourth-order valence-corrected chi connectivity index (χ4v) is 3.84. The van der Waals surface area contributed by atoms with E-state index < -0.39 is 0 Å². The van der Waals surface area contributed by atoms with Gasteiger partial charge >= 0.3 is 0 Å². The van der Waals surface area contributed by atoms with Crippen molar-refractivity contribution >= 4 is 0 Å². The van der Waals surface area contributed by atoms with E-state index in [1.165, 1.54) is 57.2 Å². The number of nitrogens with one attached hydrogen (secondary N) is 1. The molecule has 1 N–H and O–H groups in total. The number of benzene rings is 1. The van der Waals surface area contributed by atoms with Crippen molar-refractivity contribution in [2.75, 3.05) is 20.1 Å². The zero-order valence-electron chi connectivity index (χ0n) is 14.1. The average molecular weight is 288 g/mol. The first-order chi connectivity index (χ1) is 10.2. The average Bonchev–Trinajstić information content (AvgIpc) is 3.07. The minimum Gasteiger partial charge on any atom is -0.315 e. The van der Waals surface area contributed by atoms with E-state index in [1.54, 1.807) is 0 Å². The van der Waals surface area contributed by atoms with E-state index in [1.807, 2.05) is 0 Å². The third-order valence-corrected chi connectivity index (χ3v) is 5.44. The van der Waals surface area contributed by atoms with Gasteiger partial charge in [0.2, 0.25) is 0 Å². The van der Waals surface area contributed by atoms with Gasteiger partial charge in [-0.3, -0.25) is 4.90 Å². The van der Waals surface area contributed by atoms with Crippen LogP contribution in [0.15, 0.2) is 30.3 Å². The third kappa shape index (κ3) is 4.08. The molecule has 1 fully saturated rings. The van der Waals surface area contributed by atoms with Gasteiger partial charge in [-0.05, 0) is 71.1 Å². The van der Waals surface area contributed by atoms with Crippen LogP contribution in [0.5, 0.6) is 0 Å². The lowest BCUT2D eigenvalue weighted by Gasteiger charge is -2.44. The molecule has 0 amide bonds. The van der Waals surface area contributed by atoms with E-state index in [9.17, 15) is 0 Å². The molecule has 0 spiro atoms. The molecule has 1 aliphatic heterocycles. The molecule has 2 rings (SSSR count). The molecular weight excluding hydrogens is 256 g/mol. The minimum atomic E-state index is 0.307. The number of likely N-dealkylation sites (tertiary alicyclic amines) is 1. The van der Waals surface area contributed by atoms with Crippen LogP contribution in [0.2, 0.25) is 0 Å². The van der Waals surface area contributed by atoms with Gasteiger partial charge in [0.05, 0.1) is 0 Å². The molecular formula is C19H32N2. The van der Waals surface area contributed by atoms with Crippen LogP contribution < -0.4 is 5.32 Å². The largest absolute Gasteiger partial charge is 0.315 e. The van der Waals surface area contributed by atoms with Crippen molar-refractivity contribution in [3.8, 4) is 0 Å². The van der Waals surface area contributed by atoms with Crippen molar-refractivity contribution in [2.24, 2.45) is 0 Å². The monoisotopic (exact) mass is 288 g/mol. The standard InChI is InChI=1S/C19H32N2/c1-4-19(2,21-15-8-9-16-21)18(20-3)14-10-13-17-11-6-5-7-12-17/h5-7,11-12,18,20H,4,8-10,13-16H2,1-3H3. The van der Waals surface area contributed by atoms with Crippen LogP contribution in [0.1, 0.15) is 51.5 Å². The van der Waals surface area contributed by atoms with E-state index in [0.717, 1.165) is 0 Å². The van der Waals surface area contributed by atoms with Crippen LogP contribution in [-0.2, 0) is 6.42 Å². The predicted octanol–water partition coefficient (Wildman–Crippen LogP) is 3.86. The Balaban J connectivity index is 1.91. The maximum Gasteiger partial charge on any atom is 0.0331 e. The normalized spacial score (nSPS) is 20.3. The van der Waals surface area contributed by atoms with Crippen LogP contribution in [0.4, 0.5) is 0 Å². The second-order valence-electron chi connectivity index (χ2n) is 6.62. The van der Waals surface area contributed by atoms with Crippen LogP contribution in [-0.4, -0.2) is 36.6 Å². The van der Waals surface area contributed by atoms with Crippen molar-refractivity contribution in [1.82, 2.24) is 10.2 Å². The number of nitrogens with zero attached hydrogens (tertiary/aromatic N) is 1. The summed E-state index contributed by atoms with van der Waals surface area (Å²) in [5, 5.41) is 3.62. The molecule has 1 heterocycles. The highest BCUT2D eigenvalue weighted by Gasteiger charge is 2.38. The number of hydrogen-bond acceptors (Lipinski definition) is 2. The summed E-state index contributed by atoms with van der Waals surface area (Å²) in [6.07, 6.45) is 7.68. The Morgan fingerprint density at radius 2 is 1.86 bits per heavy atom. The van der Waals surface area contributed by atoms with E-state index in [-0.39, 0.29) is 0 Å². The van der Waals surface area contributed by atoms with Gasteiger partial charge in [-0.25, -0.2) is 0 Å². The van der Waals surface area contributed by atoms with Crippen LogP contribution >= 0.6 is 0 Å². The zero-order chi connectivity index (χ0) is 15.1. The maximum absolute atomic E-state index is 3.62. The molecule has 0 radical (unpaired) electrons. The van der Waals surface area contributed by atoms with Crippen molar-refractivity contribution in [1.29, 1.82) is 0 Å². The van der Waals surface area contributed by atoms with Gasteiger partial charge in [0.15, 0.2) is 0 Å². The fourth-order valence-electron chi connectivity index (χ4n) is 3.84. The second-order valence-corrected chi connectivity index (χ2v) is 6.62. The summed E-state index contributed by atoms with van der Waals surface area (Å²) in [5.74, 6) is 0. The van der Waals surface area contributed by atoms with Crippen molar-refractivity contribution < 1.29 is 0 Å². The van der Waals surface area contributed by atoms with E-state index in [4.69, 9.17) is 0 Å². The first kappa shape index (κ1) is 16.5. The Bertz CT molecular complexity index is 397. The summed E-state index contributed by atoms with van der Waals surface area (Å²) >= 11 is 0. The molecule has 1 aromatic rings. The van der Waals surface area contributed by atoms with Gasteiger partial charge in [-0.1, -0.05) is 37.3 Å². The first-order valence-electron chi connectivity index (χ1n) is 8.67. The minimum absolute atomic E-state index is 0.307. The Morgan fingerprint density at radius 3 is 2.43 bits per heavy atom. The molecule has 2 unspecified atom stereocenters. The Labute approximate surface area is 130 Å². The Morgan fingerprint density at radius 1 is 1.19 bits per heavy atom. The van der Waals surface area contributed by atoms with E-state index in [0.29, 0.717) is 11.6 Å². The SMILES string of the molecule is CCC(C)(C(CCCc1ccccc1)NC)N1CCCC1. The van der Waals surface area contributed by atoms with Crippen molar-refractivity contribution in [3.63, 3.8) is 0 Å². The topological polar surface area (TPSA) is 15.3 Å². The molecule has 2 heteroatoms. The fraction of sp³-hybridized carbons (Fsp3) is 0.684. The lowest BCUT2D eigenvalue weighted by atomic mass is 9.84. The summed E-state index contributed by atoms with van der Waals surface area (Å²) in [5.41, 5.74) is 1.77. The quantitative estimate of drug-likeness (QED) is 0.781. The third-order valence-electron chi connectivity index (χ3n) is 5.44. The van der Waals surface area contributed by atoms with Gasteiger partial charge in [0.1, 0.15) is 0 Å². The van der Waals surface area contributed by atoms with Gasteiger partial charge in [0.25, 0.3) is 0 Å². The Hall–Kier alpha value is -0.860. The first-order valence-corrected chi connectivity index (χ1v) is 8.67. The molecule has 2 nitrogen and oxygen atoms in total. The Kier molecular flexibility index (Phi) is 6.25. The van der Waals surface area contributed by atoms with Gasteiger partial charge < -0.3 is 5.32 Å². The molecule has 1 aromatic carbocycles. The second kappa shape index (κ2) is 7.95. The highest BCUT2D eigenvalue weighted by atomic mass is 15.2. The van der Waals surface area contributed by atoms with Crippen molar-refractivity contribution in [2.45, 2.75) is 64.0 Å². The summed E-state index contributed by atoms with van der Waals surface area (Å²) in [7, 11) is 2.14. The smallest absolute Gasteiger partial charge is 0.0331 e. The van der Waals surface area contributed by atoms with E-state index in [2.05, 4.69) is 61.4 Å². The molecule has 0 aliphatic carbocycles.